The maximum absolute atomic E-state index is 12.4. The molecule has 1 aliphatic rings. The van der Waals surface area contributed by atoms with Gasteiger partial charge in [-0.25, -0.2) is 0 Å². The van der Waals surface area contributed by atoms with Gasteiger partial charge < -0.3 is 10.2 Å². The quantitative estimate of drug-likeness (QED) is 0.804. The molecule has 0 aromatic carbocycles. The van der Waals surface area contributed by atoms with Crippen molar-refractivity contribution in [1.82, 2.24) is 10.2 Å². The zero-order valence-corrected chi connectivity index (χ0v) is 12.0. The summed E-state index contributed by atoms with van der Waals surface area (Å²) in [7, 11) is 1.94. The second kappa shape index (κ2) is 5.85. The first-order valence-corrected chi connectivity index (χ1v) is 6.84. The van der Waals surface area contributed by atoms with Crippen molar-refractivity contribution in [2.24, 2.45) is 5.41 Å². The second-order valence-electron chi connectivity index (χ2n) is 6.35. The predicted molar refractivity (Wildman–Crippen MR) is 71.9 cm³/mol. The molecule has 1 N–H and O–H groups in total. The Kier molecular flexibility index (Phi) is 4.99. The first-order valence-electron chi connectivity index (χ1n) is 6.84. The third-order valence-electron chi connectivity index (χ3n) is 4.04. The highest BCUT2D eigenvalue weighted by Gasteiger charge is 2.30. The van der Waals surface area contributed by atoms with Crippen molar-refractivity contribution in [1.29, 1.82) is 0 Å². The molecule has 0 radical (unpaired) electrons. The first-order chi connectivity index (χ1) is 7.84. The van der Waals surface area contributed by atoms with Crippen LogP contribution in [0.1, 0.15) is 53.4 Å². The average Bonchev–Trinajstić information content (AvgIpc) is 2.53. The molecule has 0 aromatic rings. The Morgan fingerprint density at radius 1 is 1.29 bits per heavy atom. The SMILES string of the molecule is CC(N(C)C(=O)C1CCCCCN1)C(C)(C)C. The van der Waals surface area contributed by atoms with Crippen LogP contribution in [-0.2, 0) is 4.79 Å². The van der Waals surface area contributed by atoms with E-state index in [1.165, 1.54) is 19.3 Å². The maximum Gasteiger partial charge on any atom is 0.239 e. The zero-order chi connectivity index (χ0) is 13.1. The number of hydrogen-bond donors (Lipinski definition) is 1. The van der Waals surface area contributed by atoms with Gasteiger partial charge in [0.25, 0.3) is 0 Å². The Labute approximate surface area is 106 Å². The predicted octanol–water partition coefficient (Wildman–Crippen LogP) is 2.41. The highest BCUT2D eigenvalue weighted by Crippen LogP contribution is 2.24. The molecule has 100 valence electrons. The summed E-state index contributed by atoms with van der Waals surface area (Å²) in [6, 6.07) is 0.298. The molecule has 0 aliphatic carbocycles. The Morgan fingerprint density at radius 3 is 2.53 bits per heavy atom. The molecule has 0 saturated carbocycles. The van der Waals surface area contributed by atoms with Gasteiger partial charge in [0.2, 0.25) is 5.91 Å². The Hall–Kier alpha value is -0.570. The fourth-order valence-electron chi connectivity index (χ4n) is 2.26. The van der Waals surface area contributed by atoms with Crippen LogP contribution in [-0.4, -0.2) is 36.5 Å². The van der Waals surface area contributed by atoms with Gasteiger partial charge in [-0.3, -0.25) is 4.79 Å². The van der Waals surface area contributed by atoms with Crippen molar-refractivity contribution in [3.05, 3.63) is 0 Å². The molecule has 2 unspecified atom stereocenters. The lowest BCUT2D eigenvalue weighted by atomic mass is 9.87. The van der Waals surface area contributed by atoms with Crippen LogP contribution in [0.4, 0.5) is 0 Å². The third kappa shape index (κ3) is 3.98. The summed E-state index contributed by atoms with van der Waals surface area (Å²) in [5, 5.41) is 3.38. The van der Waals surface area contributed by atoms with E-state index in [0.29, 0.717) is 0 Å². The summed E-state index contributed by atoms with van der Waals surface area (Å²) < 4.78 is 0. The molecule has 1 heterocycles. The average molecular weight is 240 g/mol. The minimum absolute atomic E-state index is 0.0345. The summed E-state index contributed by atoms with van der Waals surface area (Å²) in [6.07, 6.45) is 4.60. The van der Waals surface area contributed by atoms with Crippen LogP contribution in [0.2, 0.25) is 0 Å². The zero-order valence-electron chi connectivity index (χ0n) is 12.0. The molecule has 0 spiro atoms. The van der Waals surface area contributed by atoms with Gasteiger partial charge in [-0.05, 0) is 31.7 Å². The van der Waals surface area contributed by atoms with Crippen LogP contribution in [0.5, 0.6) is 0 Å². The van der Waals surface area contributed by atoms with Crippen molar-refractivity contribution in [3.8, 4) is 0 Å². The van der Waals surface area contributed by atoms with E-state index in [0.717, 1.165) is 13.0 Å². The van der Waals surface area contributed by atoms with Crippen LogP contribution in [0.15, 0.2) is 0 Å². The summed E-state index contributed by atoms with van der Waals surface area (Å²) in [5.74, 6) is 0.259. The van der Waals surface area contributed by atoms with Crippen LogP contribution in [0.3, 0.4) is 0 Å². The monoisotopic (exact) mass is 240 g/mol. The van der Waals surface area contributed by atoms with E-state index < -0.39 is 0 Å². The molecule has 0 aromatic heterocycles. The van der Waals surface area contributed by atoms with E-state index in [2.05, 4.69) is 33.0 Å². The smallest absolute Gasteiger partial charge is 0.239 e. The topological polar surface area (TPSA) is 32.3 Å². The lowest BCUT2D eigenvalue weighted by Gasteiger charge is -2.37. The first kappa shape index (κ1) is 14.5. The summed E-state index contributed by atoms with van der Waals surface area (Å²) in [5.41, 5.74) is 0.134. The molecule has 1 amide bonds. The van der Waals surface area contributed by atoms with Gasteiger partial charge in [-0.2, -0.15) is 0 Å². The molecule has 3 nitrogen and oxygen atoms in total. The lowest BCUT2D eigenvalue weighted by Crippen LogP contribution is -2.51. The number of rotatable bonds is 2. The van der Waals surface area contributed by atoms with Gasteiger partial charge in [0.1, 0.15) is 0 Å². The summed E-state index contributed by atoms with van der Waals surface area (Å²) >= 11 is 0. The number of hydrogen-bond acceptors (Lipinski definition) is 2. The van der Waals surface area contributed by atoms with E-state index >= 15 is 0 Å². The van der Waals surface area contributed by atoms with E-state index in [4.69, 9.17) is 0 Å². The van der Waals surface area contributed by atoms with Gasteiger partial charge in [-0.1, -0.05) is 33.6 Å². The minimum atomic E-state index is 0.0345. The minimum Gasteiger partial charge on any atom is -0.341 e. The number of likely N-dealkylation sites (N-methyl/N-ethyl adjacent to an activating group) is 1. The van der Waals surface area contributed by atoms with Crippen LogP contribution in [0.25, 0.3) is 0 Å². The van der Waals surface area contributed by atoms with Gasteiger partial charge in [0, 0.05) is 13.1 Å². The molecule has 2 atom stereocenters. The van der Waals surface area contributed by atoms with Crippen LogP contribution < -0.4 is 5.32 Å². The second-order valence-corrected chi connectivity index (χ2v) is 6.35. The Balaban J connectivity index is 2.61. The highest BCUT2D eigenvalue weighted by atomic mass is 16.2. The van der Waals surface area contributed by atoms with Crippen LogP contribution >= 0.6 is 0 Å². The molecule has 17 heavy (non-hydrogen) atoms. The van der Waals surface area contributed by atoms with Gasteiger partial charge >= 0.3 is 0 Å². The fraction of sp³-hybridized carbons (Fsp3) is 0.929. The number of nitrogens with one attached hydrogen (secondary N) is 1. The third-order valence-corrected chi connectivity index (χ3v) is 4.04. The fourth-order valence-corrected chi connectivity index (χ4v) is 2.26. The maximum atomic E-state index is 12.4. The Bertz CT molecular complexity index is 249. The number of carbonyl (C=O) groups is 1. The van der Waals surface area contributed by atoms with E-state index in [9.17, 15) is 4.79 Å². The van der Waals surface area contributed by atoms with Crippen molar-refractivity contribution < 1.29 is 4.79 Å². The molecule has 3 heteroatoms. The molecule has 1 saturated heterocycles. The summed E-state index contributed by atoms with van der Waals surface area (Å²) in [6.45, 7) is 9.66. The summed E-state index contributed by atoms with van der Waals surface area (Å²) in [4.78, 5) is 14.3. The standard InChI is InChI=1S/C14H28N2O/c1-11(14(2,3)4)16(5)13(17)12-9-7-6-8-10-15-12/h11-12,15H,6-10H2,1-5H3. The Morgan fingerprint density at radius 2 is 1.94 bits per heavy atom. The molecule has 0 bridgehead atoms. The van der Waals surface area contributed by atoms with E-state index in [1.807, 2.05) is 11.9 Å². The lowest BCUT2D eigenvalue weighted by molar-refractivity contribution is -0.136. The molecule has 1 aliphatic heterocycles. The molecular weight excluding hydrogens is 212 g/mol. The van der Waals surface area contributed by atoms with Gasteiger partial charge in [0.05, 0.1) is 6.04 Å². The van der Waals surface area contributed by atoms with Crippen molar-refractivity contribution in [2.45, 2.75) is 65.5 Å². The van der Waals surface area contributed by atoms with Crippen molar-refractivity contribution in [2.75, 3.05) is 13.6 Å². The highest BCUT2D eigenvalue weighted by molar-refractivity contribution is 5.82. The normalized spacial score (nSPS) is 23.9. The molecular formula is C14H28N2O. The number of amides is 1. The van der Waals surface area contributed by atoms with Crippen LogP contribution in [0, 0.1) is 5.41 Å². The van der Waals surface area contributed by atoms with E-state index in [1.54, 1.807) is 0 Å². The van der Waals surface area contributed by atoms with Gasteiger partial charge in [-0.15, -0.1) is 0 Å². The number of carbonyl (C=O) groups excluding carboxylic acids is 1. The van der Waals surface area contributed by atoms with E-state index in [-0.39, 0.29) is 23.4 Å². The van der Waals surface area contributed by atoms with Gasteiger partial charge in [0.15, 0.2) is 0 Å². The van der Waals surface area contributed by atoms with Crippen molar-refractivity contribution in [3.63, 3.8) is 0 Å². The molecule has 1 rings (SSSR count). The van der Waals surface area contributed by atoms with Crippen molar-refractivity contribution >= 4 is 5.91 Å². The molecule has 1 fully saturated rings. The number of nitrogens with zero attached hydrogens (tertiary/aromatic N) is 1. The largest absolute Gasteiger partial charge is 0.341 e.